The second kappa shape index (κ2) is 7.29. The third-order valence-corrected chi connectivity index (χ3v) is 5.18. The number of carbonyl (C=O) groups excluding carboxylic acids is 1. The number of aliphatic carboxylic acids is 1. The summed E-state index contributed by atoms with van der Waals surface area (Å²) >= 11 is 6.21. The quantitative estimate of drug-likeness (QED) is 0.322. The van der Waals surface area contributed by atoms with E-state index in [1.54, 1.807) is 0 Å². The number of rotatable bonds is 6. The van der Waals surface area contributed by atoms with Crippen LogP contribution in [0.2, 0.25) is 0 Å². The standard InChI is InChI=1S/C16H12N2O7S2/c19-13(20)2-1-5-17-15(22)12(27-16(17)26)7-11-14(21)9-6-8(18(23)24)3-4-10(9)25-11/h3-4,6-7,22H,1-2,5H2,(H,19,20)/b11-7-. The highest BCUT2D eigenvalue weighted by Crippen LogP contribution is 2.36. The lowest BCUT2D eigenvalue weighted by Gasteiger charge is -2.03. The Morgan fingerprint density at radius 3 is 2.85 bits per heavy atom. The van der Waals surface area contributed by atoms with E-state index in [4.69, 9.17) is 22.1 Å². The number of allylic oxidation sites excluding steroid dienone is 1. The van der Waals surface area contributed by atoms with E-state index < -0.39 is 16.7 Å². The largest absolute Gasteiger partial charge is 0.493 e. The fourth-order valence-electron chi connectivity index (χ4n) is 2.50. The zero-order valence-electron chi connectivity index (χ0n) is 13.6. The van der Waals surface area contributed by atoms with Crippen molar-refractivity contribution in [1.82, 2.24) is 4.57 Å². The number of non-ortho nitro benzene ring substituents is 1. The summed E-state index contributed by atoms with van der Waals surface area (Å²) in [6, 6.07) is 3.71. The average molecular weight is 408 g/mol. The summed E-state index contributed by atoms with van der Waals surface area (Å²) in [6.45, 7) is 0.220. The van der Waals surface area contributed by atoms with E-state index in [0.717, 1.165) is 17.4 Å². The molecule has 0 fully saturated rings. The highest BCUT2D eigenvalue weighted by molar-refractivity contribution is 7.73. The number of hydrogen-bond acceptors (Lipinski definition) is 8. The molecule has 1 aliphatic rings. The average Bonchev–Trinajstić information content (AvgIpc) is 3.05. The molecule has 0 amide bonds. The second-order valence-corrected chi connectivity index (χ2v) is 7.26. The van der Waals surface area contributed by atoms with Gasteiger partial charge in [-0.2, -0.15) is 0 Å². The molecule has 1 aliphatic heterocycles. The maximum absolute atomic E-state index is 12.4. The number of aromatic nitrogens is 1. The molecule has 3 rings (SSSR count). The van der Waals surface area contributed by atoms with Gasteiger partial charge in [0.2, 0.25) is 11.7 Å². The van der Waals surface area contributed by atoms with Gasteiger partial charge in [0.05, 0.1) is 15.4 Å². The molecule has 0 saturated heterocycles. The summed E-state index contributed by atoms with van der Waals surface area (Å²) in [7, 11) is 0. The summed E-state index contributed by atoms with van der Waals surface area (Å²) in [5.41, 5.74) is -0.158. The van der Waals surface area contributed by atoms with Crippen LogP contribution in [0, 0.1) is 14.1 Å². The molecule has 2 N–H and O–H groups in total. The maximum Gasteiger partial charge on any atom is 0.303 e. The third-order valence-electron chi connectivity index (χ3n) is 3.79. The minimum atomic E-state index is -0.949. The topological polar surface area (TPSA) is 132 Å². The van der Waals surface area contributed by atoms with Gasteiger partial charge in [0, 0.05) is 31.2 Å². The van der Waals surface area contributed by atoms with Crippen LogP contribution in [-0.2, 0) is 11.3 Å². The molecule has 140 valence electrons. The SMILES string of the molecule is O=C(O)CCCn1c(O)c(/C=C2\Oc3ccc([N+](=O)[O-])cc3C2=O)sc1=S. The monoisotopic (exact) mass is 408 g/mol. The van der Waals surface area contributed by atoms with Gasteiger partial charge in [-0.05, 0) is 24.7 Å². The van der Waals surface area contributed by atoms with Crippen LogP contribution in [0.25, 0.3) is 6.08 Å². The molecule has 0 atom stereocenters. The van der Waals surface area contributed by atoms with Crippen LogP contribution in [0.15, 0.2) is 24.0 Å². The van der Waals surface area contributed by atoms with E-state index in [-0.39, 0.29) is 52.9 Å². The van der Waals surface area contributed by atoms with E-state index in [9.17, 15) is 24.8 Å². The first kappa shape index (κ1) is 18.7. The predicted octanol–water partition coefficient (Wildman–Crippen LogP) is 3.37. The van der Waals surface area contributed by atoms with E-state index in [2.05, 4.69) is 0 Å². The van der Waals surface area contributed by atoms with Crippen LogP contribution in [0.5, 0.6) is 11.6 Å². The number of nitrogens with zero attached hydrogens (tertiary/aromatic N) is 2. The third kappa shape index (κ3) is 3.73. The lowest BCUT2D eigenvalue weighted by molar-refractivity contribution is -0.384. The van der Waals surface area contributed by atoms with Gasteiger partial charge in [0.25, 0.3) is 5.69 Å². The van der Waals surface area contributed by atoms with Crippen molar-refractivity contribution in [2.75, 3.05) is 0 Å². The Morgan fingerprint density at radius 2 is 2.19 bits per heavy atom. The fraction of sp³-hybridized carbons (Fsp3) is 0.188. The highest BCUT2D eigenvalue weighted by atomic mass is 32.1. The molecule has 1 aromatic carbocycles. The molecular formula is C16H12N2O7S2. The zero-order chi connectivity index (χ0) is 19.7. The first-order valence-electron chi connectivity index (χ1n) is 7.65. The molecule has 1 aromatic heterocycles. The van der Waals surface area contributed by atoms with E-state index in [0.29, 0.717) is 3.95 Å². The molecule has 0 spiro atoms. The smallest absolute Gasteiger partial charge is 0.303 e. The van der Waals surface area contributed by atoms with E-state index in [1.807, 2.05) is 0 Å². The van der Waals surface area contributed by atoms with Gasteiger partial charge in [0.1, 0.15) is 5.75 Å². The number of Topliss-reactive ketones (excluding diaryl/α,β-unsaturated/α-hetero) is 1. The number of aromatic hydroxyl groups is 1. The predicted molar refractivity (Wildman–Crippen MR) is 97.7 cm³/mol. The van der Waals surface area contributed by atoms with Crippen molar-refractivity contribution in [2.24, 2.45) is 0 Å². The van der Waals surface area contributed by atoms with Gasteiger partial charge in [-0.15, -0.1) is 11.3 Å². The molecule has 11 heteroatoms. The maximum atomic E-state index is 12.4. The van der Waals surface area contributed by atoms with E-state index in [1.165, 1.54) is 22.8 Å². The van der Waals surface area contributed by atoms with Crippen LogP contribution in [0.1, 0.15) is 28.1 Å². The van der Waals surface area contributed by atoms with Crippen LogP contribution in [-0.4, -0.2) is 31.5 Å². The number of carboxylic acid groups (broad SMARTS) is 1. The molecule has 9 nitrogen and oxygen atoms in total. The molecule has 0 bridgehead atoms. The van der Waals surface area contributed by atoms with Crippen molar-refractivity contribution in [3.05, 3.63) is 48.5 Å². The van der Waals surface area contributed by atoms with Gasteiger partial charge < -0.3 is 14.9 Å². The summed E-state index contributed by atoms with van der Waals surface area (Å²) in [5.74, 6) is -1.57. The lowest BCUT2D eigenvalue weighted by Crippen LogP contribution is -2.01. The number of ether oxygens (including phenoxy) is 1. The van der Waals surface area contributed by atoms with Crippen LogP contribution >= 0.6 is 23.6 Å². The van der Waals surface area contributed by atoms with Crippen molar-refractivity contribution < 1.29 is 29.5 Å². The number of carbonyl (C=O) groups is 2. The molecule has 2 aromatic rings. The number of carboxylic acids is 1. The van der Waals surface area contributed by atoms with Gasteiger partial charge in [-0.25, -0.2) is 0 Å². The Labute approximate surface area is 160 Å². The Morgan fingerprint density at radius 1 is 1.44 bits per heavy atom. The number of nitro groups is 1. The molecule has 0 aliphatic carbocycles. The summed E-state index contributed by atoms with van der Waals surface area (Å²) in [4.78, 5) is 33.6. The molecule has 0 radical (unpaired) electrons. The van der Waals surface area contributed by atoms with Gasteiger partial charge in [0.15, 0.2) is 9.71 Å². The van der Waals surface area contributed by atoms with Gasteiger partial charge in [-0.1, -0.05) is 0 Å². The van der Waals surface area contributed by atoms with E-state index >= 15 is 0 Å². The Hall–Kier alpha value is -3.05. The van der Waals surface area contributed by atoms with Gasteiger partial charge >= 0.3 is 5.97 Å². The molecule has 0 unspecified atom stereocenters. The van der Waals surface area contributed by atoms with Crippen molar-refractivity contribution >= 4 is 47.1 Å². The number of hydrogen-bond donors (Lipinski definition) is 2. The van der Waals surface area contributed by atoms with Crippen LogP contribution in [0.4, 0.5) is 5.69 Å². The molecule has 2 heterocycles. The molecule has 27 heavy (non-hydrogen) atoms. The minimum Gasteiger partial charge on any atom is -0.493 e. The van der Waals surface area contributed by atoms with Crippen molar-refractivity contribution in [3.63, 3.8) is 0 Å². The molecular weight excluding hydrogens is 396 g/mol. The summed E-state index contributed by atoms with van der Waals surface area (Å²) in [5, 5.41) is 29.9. The second-order valence-electron chi connectivity index (χ2n) is 5.58. The first-order chi connectivity index (χ1) is 12.8. The number of benzene rings is 1. The lowest BCUT2D eigenvalue weighted by atomic mass is 10.1. The zero-order valence-corrected chi connectivity index (χ0v) is 15.2. The van der Waals surface area contributed by atoms with Crippen LogP contribution < -0.4 is 4.74 Å². The Kier molecular flexibility index (Phi) is 5.06. The molecule has 0 saturated carbocycles. The fourth-order valence-corrected chi connectivity index (χ4v) is 3.79. The number of nitro benzene ring substituents is 1. The normalized spacial score (nSPS) is 14.2. The Balaban J connectivity index is 1.87. The first-order valence-corrected chi connectivity index (χ1v) is 8.87. The number of thiazole rings is 1. The summed E-state index contributed by atoms with van der Waals surface area (Å²) < 4.78 is 7.14. The van der Waals surface area contributed by atoms with Crippen molar-refractivity contribution in [3.8, 4) is 11.6 Å². The van der Waals surface area contributed by atoms with Crippen molar-refractivity contribution in [1.29, 1.82) is 0 Å². The summed E-state index contributed by atoms with van der Waals surface area (Å²) in [6.07, 6.45) is 1.54. The highest BCUT2D eigenvalue weighted by Gasteiger charge is 2.30. The van der Waals surface area contributed by atoms with Gasteiger partial charge in [-0.3, -0.25) is 24.3 Å². The number of ketones is 1. The Bertz CT molecular complexity index is 1050. The number of fused-ring (bicyclic) bond motifs is 1. The van der Waals surface area contributed by atoms with Crippen molar-refractivity contribution in [2.45, 2.75) is 19.4 Å². The van der Waals surface area contributed by atoms with Crippen LogP contribution in [0.3, 0.4) is 0 Å². The minimum absolute atomic E-state index is 0.0663.